The lowest BCUT2D eigenvalue weighted by Gasteiger charge is -2.12. The van der Waals surface area contributed by atoms with Gasteiger partial charge in [-0.05, 0) is 10.8 Å². The number of hydrogen-bond donors (Lipinski definition) is 0. The summed E-state index contributed by atoms with van der Waals surface area (Å²) in [6.45, 7) is 0. The molecule has 0 bridgehead atoms. The van der Waals surface area contributed by atoms with E-state index in [0.29, 0.717) is 0 Å². The molecule has 2 nitrogen and oxygen atoms in total. The van der Waals surface area contributed by atoms with Crippen LogP contribution in [0.3, 0.4) is 0 Å². The summed E-state index contributed by atoms with van der Waals surface area (Å²) in [5, 5.41) is 2.39. The molecule has 2 heteroatoms. The van der Waals surface area contributed by atoms with E-state index in [1.165, 1.54) is 10.8 Å². The van der Waals surface area contributed by atoms with E-state index >= 15 is 0 Å². The molecule has 4 aromatic carbocycles. The van der Waals surface area contributed by atoms with Gasteiger partial charge in [-0.15, -0.1) is 0 Å². The van der Waals surface area contributed by atoms with Gasteiger partial charge in [-0.25, -0.2) is 4.98 Å². The van der Waals surface area contributed by atoms with Gasteiger partial charge in [0.15, 0.2) is 0 Å². The van der Waals surface area contributed by atoms with Crippen LogP contribution < -0.4 is 0 Å². The minimum Gasteiger partial charge on any atom is -0.252 e. The number of aromatic nitrogens is 2. The molecule has 0 aliphatic rings. The maximum Gasteiger partial charge on any atom is 0.0972 e. The molecule has 0 unspecified atom stereocenters. The molecule has 0 aliphatic carbocycles. The van der Waals surface area contributed by atoms with Crippen molar-refractivity contribution in [2.24, 2.45) is 0 Å². The van der Waals surface area contributed by atoms with Gasteiger partial charge >= 0.3 is 0 Å². The second-order valence-corrected chi connectivity index (χ2v) is 6.71. The van der Waals surface area contributed by atoms with Gasteiger partial charge in [0.1, 0.15) is 0 Å². The Balaban J connectivity index is 1.75. The van der Waals surface area contributed by atoms with Crippen LogP contribution >= 0.6 is 0 Å². The van der Waals surface area contributed by atoms with Crippen molar-refractivity contribution in [3.8, 4) is 33.8 Å². The number of fused-ring (bicyclic) bond motifs is 1. The molecule has 0 spiro atoms. The van der Waals surface area contributed by atoms with Crippen LogP contribution in [-0.2, 0) is 0 Å². The van der Waals surface area contributed by atoms with Gasteiger partial charge in [0.25, 0.3) is 0 Å². The lowest BCUT2D eigenvalue weighted by molar-refractivity contribution is 1.21. The first-order valence-corrected chi connectivity index (χ1v) is 9.36. The summed E-state index contributed by atoms with van der Waals surface area (Å²) in [4.78, 5) is 9.92. The minimum atomic E-state index is 0.885. The Kier molecular flexibility index (Phi) is 4.15. The monoisotopic (exact) mass is 358 g/mol. The molecule has 0 radical (unpaired) electrons. The van der Waals surface area contributed by atoms with Gasteiger partial charge in [-0.3, -0.25) is 4.98 Å². The third-order valence-electron chi connectivity index (χ3n) is 4.93. The van der Waals surface area contributed by atoms with E-state index in [0.717, 1.165) is 33.8 Å². The Morgan fingerprint density at radius 3 is 1.86 bits per heavy atom. The van der Waals surface area contributed by atoms with Crippen LogP contribution in [0.4, 0.5) is 0 Å². The lowest BCUT2D eigenvalue weighted by Crippen LogP contribution is -1.96. The van der Waals surface area contributed by atoms with Crippen molar-refractivity contribution >= 4 is 10.8 Å². The molecule has 132 valence electrons. The molecule has 1 heterocycles. The van der Waals surface area contributed by atoms with Crippen molar-refractivity contribution in [3.63, 3.8) is 0 Å². The Hall–Kier alpha value is -3.78. The number of rotatable bonds is 3. The summed E-state index contributed by atoms with van der Waals surface area (Å²) < 4.78 is 0. The average Bonchev–Trinajstić information content (AvgIpc) is 2.79. The number of benzene rings is 4. The minimum absolute atomic E-state index is 0.885. The van der Waals surface area contributed by atoms with Crippen molar-refractivity contribution in [1.29, 1.82) is 0 Å². The summed E-state index contributed by atoms with van der Waals surface area (Å²) in [6, 6.07) is 35.2. The summed E-state index contributed by atoms with van der Waals surface area (Å²) >= 11 is 0. The van der Waals surface area contributed by atoms with Crippen LogP contribution in [0.1, 0.15) is 0 Å². The molecule has 5 rings (SSSR count). The van der Waals surface area contributed by atoms with Crippen molar-refractivity contribution < 1.29 is 0 Å². The Bertz CT molecular complexity index is 1240. The molecular weight excluding hydrogens is 340 g/mol. The highest BCUT2D eigenvalue weighted by molar-refractivity contribution is 5.96. The smallest absolute Gasteiger partial charge is 0.0972 e. The molecule has 0 saturated carbocycles. The SMILES string of the molecule is c1ccc(-c2ncc(-c3cccc4ccccc34)nc2-c2ccccc2)cc1. The van der Waals surface area contributed by atoms with Crippen LogP contribution in [0.25, 0.3) is 44.5 Å². The largest absolute Gasteiger partial charge is 0.252 e. The molecule has 0 saturated heterocycles. The summed E-state index contributed by atoms with van der Waals surface area (Å²) in [6.07, 6.45) is 1.89. The van der Waals surface area contributed by atoms with E-state index in [1.54, 1.807) is 0 Å². The van der Waals surface area contributed by atoms with Crippen LogP contribution in [0.15, 0.2) is 109 Å². The standard InChI is InChI=1S/C26H18N2/c1-3-11-20(12-4-1)25-26(21-13-5-2-6-14-21)28-24(18-27-25)23-17-9-15-19-10-7-8-16-22(19)23/h1-18H. The highest BCUT2D eigenvalue weighted by Gasteiger charge is 2.14. The van der Waals surface area contributed by atoms with E-state index in [1.807, 2.05) is 42.6 Å². The third-order valence-corrected chi connectivity index (χ3v) is 4.93. The van der Waals surface area contributed by atoms with Crippen LogP contribution in [0.2, 0.25) is 0 Å². The quantitative estimate of drug-likeness (QED) is 0.362. The summed E-state index contributed by atoms with van der Waals surface area (Å²) in [5.74, 6) is 0. The normalized spacial score (nSPS) is 10.9. The van der Waals surface area contributed by atoms with Gasteiger partial charge in [0.05, 0.1) is 23.3 Å². The van der Waals surface area contributed by atoms with Gasteiger partial charge in [-0.2, -0.15) is 0 Å². The number of hydrogen-bond acceptors (Lipinski definition) is 2. The Morgan fingerprint density at radius 2 is 1.11 bits per heavy atom. The maximum atomic E-state index is 5.08. The van der Waals surface area contributed by atoms with Crippen LogP contribution in [0, 0.1) is 0 Å². The van der Waals surface area contributed by atoms with E-state index < -0.39 is 0 Å². The average molecular weight is 358 g/mol. The van der Waals surface area contributed by atoms with Crippen molar-refractivity contribution in [1.82, 2.24) is 9.97 Å². The Morgan fingerprint density at radius 1 is 0.500 bits per heavy atom. The first-order valence-electron chi connectivity index (χ1n) is 9.36. The fourth-order valence-corrected chi connectivity index (χ4v) is 3.57. The molecule has 5 aromatic rings. The zero-order valence-corrected chi connectivity index (χ0v) is 15.3. The topological polar surface area (TPSA) is 25.8 Å². The van der Waals surface area contributed by atoms with Gasteiger partial charge in [0, 0.05) is 16.7 Å². The fraction of sp³-hybridized carbons (Fsp3) is 0. The zero-order valence-electron chi connectivity index (χ0n) is 15.3. The third kappa shape index (κ3) is 2.95. The maximum absolute atomic E-state index is 5.08. The van der Waals surface area contributed by atoms with Gasteiger partial charge in [0.2, 0.25) is 0 Å². The second kappa shape index (κ2) is 7.09. The predicted octanol–water partition coefficient (Wildman–Crippen LogP) is 6.63. The van der Waals surface area contributed by atoms with E-state index in [4.69, 9.17) is 9.97 Å². The highest BCUT2D eigenvalue weighted by Crippen LogP contribution is 2.33. The number of nitrogens with zero attached hydrogens (tertiary/aromatic N) is 2. The fourth-order valence-electron chi connectivity index (χ4n) is 3.57. The molecule has 0 fully saturated rings. The lowest BCUT2D eigenvalue weighted by atomic mass is 10.0. The van der Waals surface area contributed by atoms with Crippen molar-refractivity contribution in [2.45, 2.75) is 0 Å². The first-order chi connectivity index (χ1) is 13.9. The molecule has 1 aromatic heterocycles. The van der Waals surface area contributed by atoms with E-state index in [9.17, 15) is 0 Å². The first kappa shape index (κ1) is 16.4. The highest BCUT2D eigenvalue weighted by atomic mass is 14.8. The molecule has 0 amide bonds. The molecule has 0 aliphatic heterocycles. The predicted molar refractivity (Wildman–Crippen MR) is 116 cm³/mol. The van der Waals surface area contributed by atoms with E-state index in [2.05, 4.69) is 66.7 Å². The van der Waals surface area contributed by atoms with E-state index in [-0.39, 0.29) is 0 Å². The van der Waals surface area contributed by atoms with Crippen molar-refractivity contribution in [3.05, 3.63) is 109 Å². The molecule has 28 heavy (non-hydrogen) atoms. The van der Waals surface area contributed by atoms with Crippen molar-refractivity contribution in [2.75, 3.05) is 0 Å². The zero-order chi connectivity index (χ0) is 18.8. The molecule has 0 atom stereocenters. The van der Waals surface area contributed by atoms with Crippen LogP contribution in [-0.4, -0.2) is 9.97 Å². The Labute approximate surface area is 164 Å². The molecule has 0 N–H and O–H groups in total. The summed E-state index contributed by atoms with van der Waals surface area (Å²) in [5.41, 5.74) is 5.92. The van der Waals surface area contributed by atoms with Gasteiger partial charge in [-0.1, -0.05) is 103 Å². The molecular formula is C26H18N2. The second-order valence-electron chi connectivity index (χ2n) is 6.71. The van der Waals surface area contributed by atoms with Gasteiger partial charge < -0.3 is 0 Å². The summed E-state index contributed by atoms with van der Waals surface area (Å²) in [7, 11) is 0. The van der Waals surface area contributed by atoms with Crippen LogP contribution in [0.5, 0.6) is 0 Å².